The molecule has 0 aromatic carbocycles. The zero-order chi connectivity index (χ0) is 9.07. The molecule has 0 bridgehead atoms. The van der Waals surface area contributed by atoms with Gasteiger partial charge in [0.25, 0.3) is 10.1 Å². The first-order valence-electron chi connectivity index (χ1n) is 2.55. The van der Waals surface area contributed by atoms with Gasteiger partial charge in [0.1, 0.15) is 6.04 Å². The van der Waals surface area contributed by atoms with E-state index in [1.807, 2.05) is 0 Å². The van der Waals surface area contributed by atoms with Crippen LogP contribution in [-0.4, -0.2) is 34.2 Å². The van der Waals surface area contributed by atoms with Crippen molar-refractivity contribution in [3.8, 4) is 0 Å². The summed E-state index contributed by atoms with van der Waals surface area (Å²) < 4.78 is 24.5. The van der Waals surface area contributed by atoms with Crippen molar-refractivity contribution in [2.45, 2.75) is 6.04 Å². The van der Waals surface area contributed by atoms with Crippen LogP contribution in [0.25, 0.3) is 0 Å². The third-order valence-electron chi connectivity index (χ3n) is 0.896. The Kier molecular flexibility index (Phi) is 3.50. The summed E-state index contributed by atoms with van der Waals surface area (Å²) in [6, 6.07) is -1.29. The predicted molar refractivity (Wildman–Crippen MR) is 37.8 cm³/mol. The number of amides is 1. The van der Waals surface area contributed by atoms with E-state index in [9.17, 15) is 13.2 Å². The quantitative estimate of drug-likeness (QED) is 0.452. The van der Waals surface area contributed by atoms with Crippen LogP contribution in [-0.2, 0) is 19.0 Å². The Morgan fingerprint density at radius 1 is 1.64 bits per heavy atom. The fourth-order valence-electron chi connectivity index (χ4n) is 0.341. The smallest absolute Gasteiger partial charge is 0.311 e. The van der Waals surface area contributed by atoms with Crippen molar-refractivity contribution in [3.63, 3.8) is 0 Å². The van der Waals surface area contributed by atoms with Gasteiger partial charge < -0.3 is 15.6 Å². The maximum atomic E-state index is 10.5. The fraction of sp³-hybridized carbons (Fsp3) is 0.667. The minimum Gasteiger partial charge on any atom is -0.368 e. The van der Waals surface area contributed by atoms with E-state index in [0.717, 1.165) is 0 Å². The first-order valence-corrected chi connectivity index (χ1v) is 4.12. The largest absolute Gasteiger partial charge is 0.368 e. The van der Waals surface area contributed by atoms with Crippen molar-refractivity contribution >= 4 is 24.1 Å². The summed E-state index contributed by atoms with van der Waals surface area (Å²) in [7, 11) is 0.447. The highest BCUT2D eigenvalue weighted by Crippen LogP contribution is 1.91. The summed E-state index contributed by atoms with van der Waals surface area (Å²) in [5.74, 6) is -1.63. The number of hydrogen-bond donors (Lipinski definition) is 2. The van der Waals surface area contributed by atoms with Crippen molar-refractivity contribution < 1.29 is 17.3 Å². The zero-order valence-electron chi connectivity index (χ0n) is 5.56. The minimum atomic E-state index is -3.91. The molecule has 8 heteroatoms. The van der Waals surface area contributed by atoms with E-state index >= 15 is 0 Å². The number of carbonyl (C=O) groups excluding carboxylic acids is 1. The zero-order valence-corrected chi connectivity index (χ0v) is 6.37. The summed E-state index contributed by atoms with van der Waals surface area (Å²) in [6.07, 6.45) is 0. The Morgan fingerprint density at radius 2 is 2.09 bits per heavy atom. The van der Waals surface area contributed by atoms with Crippen LogP contribution in [0.15, 0.2) is 0 Å². The summed E-state index contributed by atoms with van der Waals surface area (Å²) in [5.41, 5.74) is 9.66. The van der Waals surface area contributed by atoms with Crippen molar-refractivity contribution in [3.05, 3.63) is 0 Å². The molecule has 0 heterocycles. The average molecular weight is 178 g/mol. The highest BCUT2D eigenvalue weighted by Gasteiger charge is 2.18. The van der Waals surface area contributed by atoms with Crippen LogP contribution in [0.4, 0.5) is 0 Å². The average Bonchev–Trinajstić information content (AvgIpc) is 1.87. The topological polar surface area (TPSA) is 112 Å². The van der Waals surface area contributed by atoms with Gasteiger partial charge in [-0.2, -0.15) is 0 Å². The van der Waals surface area contributed by atoms with Gasteiger partial charge in [-0.3, -0.25) is 4.79 Å². The molecule has 4 N–H and O–H groups in total. The Hall–Kier alpha value is -0.595. The molecule has 0 fully saturated rings. The lowest BCUT2D eigenvalue weighted by molar-refractivity contribution is -0.118. The highest BCUT2D eigenvalue weighted by molar-refractivity contribution is 7.87. The number of carbonyl (C=O) groups is 1. The molecule has 0 saturated heterocycles. The molecule has 1 amide bonds. The monoisotopic (exact) mass is 178 g/mol. The molecule has 11 heavy (non-hydrogen) atoms. The molecule has 0 rings (SSSR count). The minimum absolute atomic E-state index is 0.709. The normalized spacial score (nSPS) is 14.3. The standard InChI is InChI=1S/C3H7BN2O4S/c4-10-11(8,9)1-2(5)3(6)7/h2H,1,5H2,(H2,6,7)/t2-/m1/s1. The molecule has 6 nitrogen and oxygen atoms in total. The van der Waals surface area contributed by atoms with Gasteiger partial charge in [0.15, 0.2) is 0 Å². The first-order chi connectivity index (χ1) is 4.89. The van der Waals surface area contributed by atoms with Gasteiger partial charge in [-0.05, 0) is 0 Å². The first kappa shape index (κ1) is 10.4. The predicted octanol–water partition coefficient (Wildman–Crippen LogP) is -2.77. The second-order valence-electron chi connectivity index (χ2n) is 1.83. The molecule has 0 aromatic heterocycles. The molecular weight excluding hydrogens is 171 g/mol. The summed E-state index contributed by atoms with van der Waals surface area (Å²) in [6.45, 7) is 0. The van der Waals surface area contributed by atoms with E-state index in [0.29, 0.717) is 0 Å². The number of nitrogens with two attached hydrogens (primary N) is 2. The van der Waals surface area contributed by atoms with Gasteiger partial charge in [-0.15, -0.1) is 0 Å². The van der Waals surface area contributed by atoms with Crippen molar-refractivity contribution in [1.82, 2.24) is 0 Å². The van der Waals surface area contributed by atoms with Crippen molar-refractivity contribution in [1.29, 1.82) is 0 Å². The fourth-order valence-corrected chi connectivity index (χ4v) is 1.02. The molecule has 0 saturated carbocycles. The maximum absolute atomic E-state index is 10.5. The van der Waals surface area contributed by atoms with Crippen LogP contribution in [0.1, 0.15) is 0 Å². The molecule has 0 aliphatic rings. The van der Waals surface area contributed by atoms with Crippen LogP contribution >= 0.6 is 0 Å². The summed E-state index contributed by atoms with van der Waals surface area (Å²) >= 11 is 0. The maximum Gasteiger partial charge on any atom is 0.311 e. The van der Waals surface area contributed by atoms with Crippen LogP contribution < -0.4 is 11.5 Å². The molecule has 1 atom stereocenters. The molecule has 0 aromatic rings. The van der Waals surface area contributed by atoms with Crippen molar-refractivity contribution in [2.75, 3.05) is 5.75 Å². The lowest BCUT2D eigenvalue weighted by atomic mass is 10.3. The van der Waals surface area contributed by atoms with Gasteiger partial charge in [0.05, 0.1) is 5.75 Å². The molecular formula is C3H7BN2O4S. The van der Waals surface area contributed by atoms with Gasteiger partial charge in [0, 0.05) is 0 Å². The summed E-state index contributed by atoms with van der Waals surface area (Å²) in [5, 5.41) is 0. The van der Waals surface area contributed by atoms with Gasteiger partial charge in [-0.25, -0.2) is 8.42 Å². The van der Waals surface area contributed by atoms with E-state index in [4.69, 9.17) is 5.73 Å². The molecule has 62 valence electrons. The lowest BCUT2D eigenvalue weighted by Gasteiger charge is -2.05. The second-order valence-corrected chi connectivity index (χ2v) is 3.47. The Balaban J connectivity index is 4.16. The lowest BCUT2D eigenvalue weighted by Crippen LogP contribution is -2.42. The number of rotatable bonds is 4. The SMILES string of the molecule is [B]OS(=O)(=O)C[C@@H](N)C(N)=O. The second kappa shape index (κ2) is 3.70. The summed E-state index contributed by atoms with van der Waals surface area (Å²) in [4.78, 5) is 10.2. The van der Waals surface area contributed by atoms with Crippen LogP contribution in [0, 0.1) is 0 Å². The van der Waals surface area contributed by atoms with Crippen LogP contribution in [0.5, 0.6) is 0 Å². The van der Waals surface area contributed by atoms with E-state index in [1.54, 1.807) is 0 Å². The van der Waals surface area contributed by atoms with E-state index in [1.165, 1.54) is 0 Å². The van der Waals surface area contributed by atoms with E-state index in [2.05, 4.69) is 17.9 Å². The Morgan fingerprint density at radius 3 is 2.36 bits per heavy atom. The van der Waals surface area contributed by atoms with E-state index < -0.39 is 27.8 Å². The Bertz CT molecular complexity index is 238. The molecule has 0 aliphatic heterocycles. The molecule has 0 unspecified atom stereocenters. The molecule has 2 radical (unpaired) electrons. The molecule has 0 aliphatic carbocycles. The molecule has 0 spiro atoms. The highest BCUT2D eigenvalue weighted by atomic mass is 32.2. The number of primary amides is 1. The van der Waals surface area contributed by atoms with Crippen LogP contribution in [0.3, 0.4) is 0 Å². The third kappa shape index (κ3) is 3.96. The van der Waals surface area contributed by atoms with Gasteiger partial charge in [-0.1, -0.05) is 0 Å². The van der Waals surface area contributed by atoms with E-state index in [-0.39, 0.29) is 0 Å². The third-order valence-corrected chi connectivity index (χ3v) is 1.96. The van der Waals surface area contributed by atoms with Crippen molar-refractivity contribution in [2.24, 2.45) is 11.5 Å². The van der Waals surface area contributed by atoms with Gasteiger partial charge >= 0.3 is 8.05 Å². The number of hydrogen-bond acceptors (Lipinski definition) is 5. The Labute approximate surface area is 65.4 Å². The van der Waals surface area contributed by atoms with Gasteiger partial charge in [0.2, 0.25) is 5.91 Å². The van der Waals surface area contributed by atoms with Crippen LogP contribution in [0.2, 0.25) is 0 Å².